The number of rotatable bonds is 6. The monoisotopic (exact) mass is 246 g/mol. The molecular formula is C9H14F4OS. The van der Waals surface area contributed by atoms with E-state index in [-0.39, 0.29) is 17.3 Å². The molecule has 0 amide bonds. The minimum atomic E-state index is -4.29. The molecule has 0 saturated carbocycles. The van der Waals surface area contributed by atoms with Crippen LogP contribution in [0.15, 0.2) is 0 Å². The van der Waals surface area contributed by atoms with Gasteiger partial charge in [-0.15, -0.1) is 0 Å². The smallest absolute Gasteiger partial charge is 0.287 e. The first kappa shape index (κ1) is 14.7. The fraction of sp³-hybridized carbons (Fsp3) is 0.889. The Morgan fingerprint density at radius 3 is 2.40 bits per heavy atom. The van der Waals surface area contributed by atoms with E-state index in [1.165, 1.54) is 0 Å². The van der Waals surface area contributed by atoms with Crippen LogP contribution >= 0.6 is 11.8 Å². The van der Waals surface area contributed by atoms with Crippen molar-refractivity contribution in [1.82, 2.24) is 0 Å². The SMILES string of the molecule is CCC(=O)SCCC(F)CCC(F)(F)F. The molecule has 0 rings (SSSR count). The molecule has 0 aromatic carbocycles. The molecule has 0 bridgehead atoms. The quantitative estimate of drug-likeness (QED) is 0.664. The van der Waals surface area contributed by atoms with Crippen LogP contribution in [-0.2, 0) is 4.79 Å². The molecule has 0 fully saturated rings. The molecule has 0 aliphatic heterocycles. The van der Waals surface area contributed by atoms with Crippen LogP contribution in [0.2, 0.25) is 0 Å². The second-order valence-electron chi connectivity index (χ2n) is 3.11. The number of halogens is 4. The summed E-state index contributed by atoms with van der Waals surface area (Å²) < 4.78 is 47.9. The van der Waals surface area contributed by atoms with Crippen LogP contribution in [0.3, 0.4) is 0 Å². The standard InChI is InChI=1S/C9H14F4OS/c1-2-8(14)15-6-4-7(10)3-5-9(11,12)13/h7H,2-6H2,1H3. The molecule has 0 aromatic rings. The van der Waals surface area contributed by atoms with E-state index in [0.717, 1.165) is 11.8 Å². The molecule has 0 N–H and O–H groups in total. The molecule has 1 unspecified atom stereocenters. The van der Waals surface area contributed by atoms with Crippen molar-refractivity contribution >= 4 is 16.9 Å². The van der Waals surface area contributed by atoms with Gasteiger partial charge in [-0.2, -0.15) is 13.2 Å². The van der Waals surface area contributed by atoms with Crippen molar-refractivity contribution in [1.29, 1.82) is 0 Å². The van der Waals surface area contributed by atoms with Crippen molar-refractivity contribution in [2.45, 2.75) is 45.0 Å². The predicted octanol–water partition coefficient (Wildman–Crippen LogP) is 3.73. The minimum absolute atomic E-state index is 0.00644. The van der Waals surface area contributed by atoms with E-state index >= 15 is 0 Å². The first-order valence-electron chi connectivity index (χ1n) is 4.71. The van der Waals surface area contributed by atoms with Gasteiger partial charge in [0.05, 0.1) is 0 Å². The van der Waals surface area contributed by atoms with Crippen molar-refractivity contribution in [2.75, 3.05) is 5.75 Å². The highest BCUT2D eigenvalue weighted by atomic mass is 32.2. The number of hydrogen-bond acceptors (Lipinski definition) is 2. The van der Waals surface area contributed by atoms with Crippen LogP contribution < -0.4 is 0 Å². The van der Waals surface area contributed by atoms with Crippen LogP contribution in [0.25, 0.3) is 0 Å². The third kappa shape index (κ3) is 10.0. The highest BCUT2D eigenvalue weighted by Gasteiger charge is 2.28. The summed E-state index contributed by atoms with van der Waals surface area (Å²) in [5.41, 5.74) is 0. The molecule has 15 heavy (non-hydrogen) atoms. The fourth-order valence-electron chi connectivity index (χ4n) is 0.867. The Labute approximate surface area is 90.6 Å². The molecule has 0 spiro atoms. The van der Waals surface area contributed by atoms with Gasteiger partial charge in [0.1, 0.15) is 6.17 Å². The van der Waals surface area contributed by atoms with Gasteiger partial charge in [-0.05, 0) is 12.8 Å². The Morgan fingerprint density at radius 2 is 1.93 bits per heavy atom. The summed E-state index contributed by atoms with van der Waals surface area (Å²) in [6, 6.07) is 0. The molecular weight excluding hydrogens is 232 g/mol. The van der Waals surface area contributed by atoms with Gasteiger partial charge in [-0.3, -0.25) is 4.79 Å². The number of carbonyl (C=O) groups excluding carboxylic acids is 1. The molecule has 0 saturated heterocycles. The Bertz CT molecular complexity index is 193. The number of thioether (sulfide) groups is 1. The summed E-state index contributed by atoms with van der Waals surface area (Å²) in [6.07, 6.45) is -7.00. The maximum Gasteiger partial charge on any atom is 0.389 e. The first-order valence-corrected chi connectivity index (χ1v) is 5.70. The molecule has 6 heteroatoms. The summed E-state index contributed by atoms with van der Waals surface area (Å²) in [6.45, 7) is 1.69. The molecule has 0 aliphatic carbocycles. The number of carbonyl (C=O) groups is 1. The zero-order valence-corrected chi connectivity index (χ0v) is 9.26. The molecule has 0 radical (unpaired) electrons. The largest absolute Gasteiger partial charge is 0.389 e. The lowest BCUT2D eigenvalue weighted by atomic mass is 10.2. The van der Waals surface area contributed by atoms with Gasteiger partial charge in [-0.1, -0.05) is 18.7 Å². The van der Waals surface area contributed by atoms with Gasteiger partial charge < -0.3 is 0 Å². The molecule has 0 aliphatic rings. The van der Waals surface area contributed by atoms with Crippen molar-refractivity contribution in [3.63, 3.8) is 0 Å². The fourth-order valence-corrected chi connectivity index (χ4v) is 1.67. The topological polar surface area (TPSA) is 17.1 Å². The highest BCUT2D eigenvalue weighted by Crippen LogP contribution is 2.24. The second-order valence-corrected chi connectivity index (χ2v) is 4.27. The van der Waals surface area contributed by atoms with E-state index in [9.17, 15) is 22.4 Å². The molecule has 1 atom stereocenters. The van der Waals surface area contributed by atoms with Crippen molar-refractivity contribution in [3.05, 3.63) is 0 Å². The second kappa shape index (κ2) is 7.09. The third-order valence-electron chi connectivity index (χ3n) is 1.72. The van der Waals surface area contributed by atoms with Gasteiger partial charge in [0.25, 0.3) is 0 Å². The van der Waals surface area contributed by atoms with Gasteiger partial charge >= 0.3 is 6.18 Å². The van der Waals surface area contributed by atoms with Gasteiger partial charge in [0.2, 0.25) is 0 Å². The van der Waals surface area contributed by atoms with E-state index in [1.54, 1.807) is 6.92 Å². The Balaban J connectivity index is 3.49. The van der Waals surface area contributed by atoms with Crippen LogP contribution in [0, 0.1) is 0 Å². The van der Waals surface area contributed by atoms with Crippen LogP contribution in [0.5, 0.6) is 0 Å². The number of hydrogen-bond donors (Lipinski definition) is 0. The minimum Gasteiger partial charge on any atom is -0.287 e. The lowest BCUT2D eigenvalue weighted by molar-refractivity contribution is -0.138. The normalized spacial score (nSPS) is 13.9. The van der Waals surface area contributed by atoms with E-state index in [4.69, 9.17) is 0 Å². The Kier molecular flexibility index (Phi) is 6.96. The lowest BCUT2D eigenvalue weighted by Gasteiger charge is -2.09. The molecule has 0 aromatic heterocycles. The van der Waals surface area contributed by atoms with Crippen LogP contribution in [0.1, 0.15) is 32.6 Å². The average Bonchev–Trinajstić information content (AvgIpc) is 2.13. The average molecular weight is 246 g/mol. The van der Waals surface area contributed by atoms with Crippen molar-refractivity contribution in [3.8, 4) is 0 Å². The van der Waals surface area contributed by atoms with Gasteiger partial charge in [0, 0.05) is 18.6 Å². The maximum atomic E-state index is 12.9. The molecule has 90 valence electrons. The summed E-state index contributed by atoms with van der Waals surface area (Å²) in [5, 5.41) is -0.0574. The van der Waals surface area contributed by atoms with Crippen LogP contribution in [-0.4, -0.2) is 23.2 Å². The number of alkyl halides is 4. The Morgan fingerprint density at radius 1 is 1.33 bits per heavy atom. The van der Waals surface area contributed by atoms with E-state index in [0.29, 0.717) is 6.42 Å². The van der Waals surface area contributed by atoms with E-state index in [1.807, 2.05) is 0 Å². The highest BCUT2D eigenvalue weighted by molar-refractivity contribution is 8.13. The Hall–Kier alpha value is -0.260. The van der Waals surface area contributed by atoms with E-state index < -0.39 is 25.2 Å². The zero-order valence-electron chi connectivity index (χ0n) is 8.44. The summed E-state index contributed by atoms with van der Waals surface area (Å²) in [4.78, 5) is 10.8. The van der Waals surface area contributed by atoms with Gasteiger partial charge in [0.15, 0.2) is 5.12 Å². The van der Waals surface area contributed by atoms with Crippen molar-refractivity contribution < 1.29 is 22.4 Å². The van der Waals surface area contributed by atoms with E-state index in [2.05, 4.69) is 0 Å². The molecule has 0 heterocycles. The van der Waals surface area contributed by atoms with Crippen molar-refractivity contribution in [2.24, 2.45) is 0 Å². The predicted molar refractivity (Wildman–Crippen MR) is 52.6 cm³/mol. The maximum absolute atomic E-state index is 12.9. The van der Waals surface area contributed by atoms with Crippen LogP contribution in [0.4, 0.5) is 17.6 Å². The first-order chi connectivity index (χ1) is 6.85. The van der Waals surface area contributed by atoms with Gasteiger partial charge in [-0.25, -0.2) is 4.39 Å². The third-order valence-corrected chi connectivity index (χ3v) is 2.77. The lowest BCUT2D eigenvalue weighted by Crippen LogP contribution is -2.12. The zero-order chi connectivity index (χ0) is 11.9. The molecule has 1 nitrogen and oxygen atoms in total. The summed E-state index contributed by atoms with van der Waals surface area (Å²) >= 11 is 0.978. The summed E-state index contributed by atoms with van der Waals surface area (Å²) in [5.74, 6) is 0.256. The summed E-state index contributed by atoms with van der Waals surface area (Å²) in [7, 11) is 0.